The summed E-state index contributed by atoms with van der Waals surface area (Å²) in [5.74, 6) is 0. The van der Waals surface area contributed by atoms with Crippen LogP contribution in [0, 0.1) is 11.3 Å². The Morgan fingerprint density at radius 3 is 2.59 bits per heavy atom. The van der Waals surface area contributed by atoms with Gasteiger partial charge in [-0.05, 0) is 37.1 Å². The zero-order valence-corrected chi connectivity index (χ0v) is 12.3. The van der Waals surface area contributed by atoms with E-state index in [2.05, 4.69) is 11.0 Å². The van der Waals surface area contributed by atoms with Gasteiger partial charge < -0.3 is 9.84 Å². The lowest BCUT2D eigenvalue weighted by Crippen LogP contribution is -2.41. The molecule has 3 rings (SSSR count). The highest BCUT2D eigenvalue weighted by molar-refractivity contribution is 5.89. The van der Waals surface area contributed by atoms with Crippen LogP contribution in [0.4, 0.5) is 10.5 Å². The molecule has 1 unspecified atom stereocenters. The first-order chi connectivity index (χ1) is 10.7. The minimum atomic E-state index is -0.341. The van der Waals surface area contributed by atoms with Gasteiger partial charge in [-0.1, -0.05) is 0 Å². The second-order valence-corrected chi connectivity index (χ2v) is 5.81. The summed E-state index contributed by atoms with van der Waals surface area (Å²) in [6.07, 6.45) is 0.864. The molecule has 0 spiro atoms. The number of carbonyl (C=O) groups excluding carboxylic acids is 1. The summed E-state index contributed by atoms with van der Waals surface area (Å²) in [6.45, 7) is 2.90. The molecule has 0 bridgehead atoms. The number of rotatable bonds is 3. The third kappa shape index (κ3) is 3.21. The molecule has 116 valence electrons. The molecule has 1 amide bonds. The summed E-state index contributed by atoms with van der Waals surface area (Å²) < 4.78 is 5.43. The summed E-state index contributed by atoms with van der Waals surface area (Å²) in [5, 5.41) is 18.3. The molecule has 0 aromatic heterocycles. The molecule has 1 N–H and O–H groups in total. The van der Waals surface area contributed by atoms with Crippen LogP contribution in [0.5, 0.6) is 0 Å². The summed E-state index contributed by atoms with van der Waals surface area (Å²) in [4.78, 5) is 15.8. The fraction of sp³-hybridized carbons (Fsp3) is 0.500. The highest BCUT2D eigenvalue weighted by Gasteiger charge is 2.34. The van der Waals surface area contributed by atoms with Crippen molar-refractivity contribution in [2.24, 2.45) is 0 Å². The molecule has 0 radical (unpaired) electrons. The number of hydrogen-bond acceptors (Lipinski definition) is 5. The number of nitrogens with zero attached hydrogens (tertiary/aromatic N) is 3. The maximum Gasteiger partial charge on any atom is 0.414 e. The fourth-order valence-corrected chi connectivity index (χ4v) is 2.93. The zero-order chi connectivity index (χ0) is 15.5. The summed E-state index contributed by atoms with van der Waals surface area (Å²) in [5.41, 5.74) is 1.32. The van der Waals surface area contributed by atoms with Crippen LogP contribution in [-0.4, -0.2) is 54.5 Å². The van der Waals surface area contributed by atoms with Crippen molar-refractivity contribution in [3.05, 3.63) is 29.8 Å². The Kier molecular flexibility index (Phi) is 4.27. The molecule has 1 aromatic carbocycles. The van der Waals surface area contributed by atoms with Gasteiger partial charge in [0.15, 0.2) is 0 Å². The topological polar surface area (TPSA) is 76.8 Å². The number of likely N-dealkylation sites (tertiary alicyclic amines) is 1. The highest BCUT2D eigenvalue weighted by atomic mass is 16.6. The molecule has 2 heterocycles. The Morgan fingerprint density at radius 2 is 1.95 bits per heavy atom. The van der Waals surface area contributed by atoms with E-state index in [4.69, 9.17) is 10.00 Å². The number of cyclic esters (lactones) is 1. The van der Waals surface area contributed by atoms with Gasteiger partial charge in [-0.25, -0.2) is 4.79 Å². The van der Waals surface area contributed by atoms with E-state index in [9.17, 15) is 9.90 Å². The molecule has 2 fully saturated rings. The highest BCUT2D eigenvalue weighted by Crippen LogP contribution is 2.23. The fourth-order valence-electron chi connectivity index (χ4n) is 2.93. The van der Waals surface area contributed by atoms with Crippen LogP contribution in [0.2, 0.25) is 0 Å². The van der Waals surface area contributed by atoms with Crippen LogP contribution in [0.15, 0.2) is 24.3 Å². The Bertz CT molecular complexity index is 573. The van der Waals surface area contributed by atoms with Crippen LogP contribution in [0.3, 0.4) is 0 Å². The molecular weight excluding hydrogens is 282 g/mol. The van der Waals surface area contributed by atoms with Gasteiger partial charge >= 0.3 is 6.09 Å². The average Bonchev–Trinajstić information content (AvgIpc) is 2.90. The van der Waals surface area contributed by atoms with Gasteiger partial charge in [0.2, 0.25) is 0 Å². The number of piperidine rings is 1. The molecule has 2 aliphatic rings. The van der Waals surface area contributed by atoms with Crippen LogP contribution >= 0.6 is 0 Å². The minimum absolute atomic E-state index is 0.154. The number of carbonyl (C=O) groups is 1. The summed E-state index contributed by atoms with van der Waals surface area (Å²) in [6, 6.07) is 8.98. The molecular formula is C16H19N3O3. The van der Waals surface area contributed by atoms with Crippen molar-refractivity contribution in [1.82, 2.24) is 4.90 Å². The predicted octanol–water partition coefficient (Wildman–Crippen LogP) is 1.34. The van der Waals surface area contributed by atoms with Gasteiger partial charge in [-0.2, -0.15) is 5.26 Å². The minimum Gasteiger partial charge on any atom is -0.443 e. The largest absolute Gasteiger partial charge is 0.443 e. The lowest BCUT2D eigenvalue weighted by molar-refractivity contribution is 0.0552. The van der Waals surface area contributed by atoms with E-state index in [1.807, 2.05) is 0 Å². The van der Waals surface area contributed by atoms with E-state index in [0.717, 1.165) is 31.6 Å². The van der Waals surface area contributed by atoms with E-state index in [1.54, 1.807) is 29.2 Å². The number of nitriles is 1. The van der Waals surface area contributed by atoms with Gasteiger partial charge in [0.25, 0.3) is 0 Å². The predicted molar refractivity (Wildman–Crippen MR) is 80.5 cm³/mol. The maximum atomic E-state index is 12.0. The van der Waals surface area contributed by atoms with E-state index < -0.39 is 0 Å². The van der Waals surface area contributed by atoms with Crippen molar-refractivity contribution >= 4 is 11.8 Å². The molecule has 2 aliphatic heterocycles. The van der Waals surface area contributed by atoms with Gasteiger partial charge in [0.05, 0.1) is 24.3 Å². The van der Waals surface area contributed by atoms with Crippen LogP contribution in [0.25, 0.3) is 0 Å². The second-order valence-electron chi connectivity index (χ2n) is 5.81. The molecule has 0 saturated carbocycles. The Labute approximate surface area is 129 Å². The lowest BCUT2D eigenvalue weighted by Gasteiger charge is -2.30. The quantitative estimate of drug-likeness (QED) is 0.911. The molecule has 1 aromatic rings. The molecule has 6 heteroatoms. The first-order valence-corrected chi connectivity index (χ1v) is 7.54. The molecule has 0 aliphatic carbocycles. The van der Waals surface area contributed by atoms with Gasteiger partial charge in [0, 0.05) is 25.3 Å². The monoisotopic (exact) mass is 301 g/mol. The van der Waals surface area contributed by atoms with E-state index in [1.165, 1.54) is 0 Å². The number of ether oxygens (including phenoxy) is 1. The molecule has 2 saturated heterocycles. The van der Waals surface area contributed by atoms with Gasteiger partial charge in [0.1, 0.15) is 6.10 Å². The van der Waals surface area contributed by atoms with Crippen LogP contribution < -0.4 is 4.90 Å². The average molecular weight is 301 g/mol. The number of aliphatic hydroxyl groups excluding tert-OH is 1. The Hall–Kier alpha value is -2.10. The number of amides is 1. The second kappa shape index (κ2) is 6.34. The number of benzene rings is 1. The van der Waals surface area contributed by atoms with Gasteiger partial charge in [-0.15, -0.1) is 0 Å². The van der Waals surface area contributed by atoms with Crippen molar-refractivity contribution in [1.29, 1.82) is 5.26 Å². The third-order valence-corrected chi connectivity index (χ3v) is 4.20. The van der Waals surface area contributed by atoms with E-state index in [-0.39, 0.29) is 18.3 Å². The Balaban J connectivity index is 1.59. The van der Waals surface area contributed by atoms with E-state index in [0.29, 0.717) is 18.7 Å². The molecule has 1 atom stereocenters. The van der Waals surface area contributed by atoms with Crippen molar-refractivity contribution in [3.63, 3.8) is 0 Å². The van der Waals surface area contributed by atoms with E-state index >= 15 is 0 Å². The van der Waals surface area contributed by atoms with Crippen molar-refractivity contribution < 1.29 is 14.6 Å². The maximum absolute atomic E-state index is 12.0. The number of hydrogen-bond donors (Lipinski definition) is 1. The lowest BCUT2D eigenvalue weighted by atomic mass is 10.1. The number of aliphatic hydroxyl groups is 1. The van der Waals surface area contributed by atoms with Crippen LogP contribution in [0.1, 0.15) is 18.4 Å². The molecule has 6 nitrogen and oxygen atoms in total. The van der Waals surface area contributed by atoms with Gasteiger partial charge in [-0.3, -0.25) is 9.80 Å². The Morgan fingerprint density at radius 1 is 1.27 bits per heavy atom. The normalized spacial score (nSPS) is 23.4. The molecule has 22 heavy (non-hydrogen) atoms. The standard InChI is InChI=1S/C16H19N3O3/c17-9-12-1-3-13(4-2-12)19-11-15(22-16(19)21)10-18-7-5-14(20)6-8-18/h1-4,14-15,20H,5-8,10-11H2. The first kappa shape index (κ1) is 14.8. The van der Waals surface area contributed by atoms with Crippen molar-refractivity contribution in [2.75, 3.05) is 31.1 Å². The zero-order valence-electron chi connectivity index (χ0n) is 12.3. The van der Waals surface area contributed by atoms with Crippen molar-refractivity contribution in [3.8, 4) is 6.07 Å². The SMILES string of the molecule is N#Cc1ccc(N2CC(CN3CCC(O)CC3)OC2=O)cc1. The summed E-state index contributed by atoms with van der Waals surface area (Å²) >= 11 is 0. The third-order valence-electron chi connectivity index (χ3n) is 4.20. The summed E-state index contributed by atoms with van der Waals surface area (Å²) in [7, 11) is 0. The van der Waals surface area contributed by atoms with Crippen molar-refractivity contribution in [2.45, 2.75) is 25.0 Å². The van der Waals surface area contributed by atoms with Crippen LogP contribution in [-0.2, 0) is 4.74 Å². The smallest absolute Gasteiger partial charge is 0.414 e. The first-order valence-electron chi connectivity index (χ1n) is 7.54. The number of anilines is 1.